The molecule has 0 bridgehead atoms. The molecule has 1 aromatic carbocycles. The predicted molar refractivity (Wildman–Crippen MR) is 116 cm³/mol. The third-order valence-corrected chi connectivity index (χ3v) is 5.89. The van der Waals surface area contributed by atoms with Gasteiger partial charge < -0.3 is 20.7 Å². The van der Waals surface area contributed by atoms with Gasteiger partial charge in [-0.1, -0.05) is 23.7 Å². The number of hydrogen-bond acceptors (Lipinski definition) is 5. The molecule has 2 saturated heterocycles. The number of benzene rings is 1. The fourth-order valence-corrected chi connectivity index (χ4v) is 4.07. The van der Waals surface area contributed by atoms with E-state index in [0.717, 1.165) is 68.8 Å². The van der Waals surface area contributed by atoms with Crippen molar-refractivity contribution in [3.63, 3.8) is 0 Å². The Morgan fingerprint density at radius 1 is 1.24 bits per heavy atom. The van der Waals surface area contributed by atoms with Gasteiger partial charge in [0.05, 0.1) is 11.1 Å². The van der Waals surface area contributed by atoms with Crippen LogP contribution in [0.25, 0.3) is 11.1 Å². The molecule has 1 aromatic heterocycles. The van der Waals surface area contributed by atoms with Gasteiger partial charge in [0.15, 0.2) is 0 Å². The highest BCUT2D eigenvalue weighted by Crippen LogP contribution is 2.31. The average molecular weight is 415 g/mol. The minimum Gasteiger partial charge on any atom is -0.385 e. The quantitative estimate of drug-likeness (QED) is 0.667. The second kappa shape index (κ2) is 9.57. The van der Waals surface area contributed by atoms with Crippen LogP contribution in [0.5, 0.6) is 0 Å². The molecule has 4 rings (SSSR count). The van der Waals surface area contributed by atoms with Crippen molar-refractivity contribution < 1.29 is 9.53 Å². The number of aromatic nitrogens is 1. The summed E-state index contributed by atoms with van der Waals surface area (Å²) in [4.78, 5) is 16.6. The number of halogens is 1. The molecule has 1 amide bonds. The topological polar surface area (TPSA) is 75.3 Å². The van der Waals surface area contributed by atoms with Gasteiger partial charge in [-0.2, -0.15) is 0 Å². The normalized spacial score (nSPS) is 19.8. The molecule has 6 nitrogen and oxygen atoms in total. The lowest BCUT2D eigenvalue weighted by molar-refractivity contribution is -0.117. The van der Waals surface area contributed by atoms with E-state index in [4.69, 9.17) is 16.3 Å². The largest absolute Gasteiger partial charge is 0.385 e. The lowest BCUT2D eigenvalue weighted by Crippen LogP contribution is -2.35. The third kappa shape index (κ3) is 5.26. The number of hydrogen-bond donors (Lipinski definition) is 3. The second-order valence-corrected chi connectivity index (χ2v) is 8.11. The Bertz CT molecular complexity index is 848. The maximum absolute atomic E-state index is 12.4. The molecule has 29 heavy (non-hydrogen) atoms. The van der Waals surface area contributed by atoms with Crippen LogP contribution < -0.4 is 16.0 Å². The molecule has 2 aromatic rings. The Morgan fingerprint density at radius 2 is 2.10 bits per heavy atom. The van der Waals surface area contributed by atoms with Crippen LogP contribution in [0.2, 0.25) is 5.02 Å². The standard InChI is InChI=1S/C22H27ClN4O2/c23-19-14-26-21(27-22(28)20-5-2-8-24-20)12-18(19)16-3-1-4-17(11-16)25-13-15-6-9-29-10-7-15/h1,3-4,11-12,14-15,20,24-25H,2,5-10,13H2,(H,26,27,28). The summed E-state index contributed by atoms with van der Waals surface area (Å²) in [7, 11) is 0. The number of carbonyl (C=O) groups is 1. The summed E-state index contributed by atoms with van der Waals surface area (Å²) in [6, 6.07) is 9.88. The maximum atomic E-state index is 12.4. The molecule has 3 heterocycles. The molecule has 1 atom stereocenters. The van der Waals surface area contributed by atoms with Gasteiger partial charge in [-0.3, -0.25) is 4.79 Å². The Morgan fingerprint density at radius 3 is 2.90 bits per heavy atom. The van der Waals surface area contributed by atoms with E-state index in [0.29, 0.717) is 16.8 Å². The first-order valence-corrected chi connectivity index (χ1v) is 10.7. The number of pyridine rings is 1. The minimum atomic E-state index is -0.145. The van der Waals surface area contributed by atoms with E-state index in [1.165, 1.54) is 0 Å². The van der Waals surface area contributed by atoms with Crippen molar-refractivity contribution in [3.8, 4) is 11.1 Å². The van der Waals surface area contributed by atoms with Crippen LogP contribution in [0.4, 0.5) is 11.5 Å². The van der Waals surface area contributed by atoms with Crippen LogP contribution in [0.1, 0.15) is 25.7 Å². The summed E-state index contributed by atoms with van der Waals surface area (Å²) >= 11 is 6.42. The number of anilines is 2. The van der Waals surface area contributed by atoms with E-state index in [-0.39, 0.29) is 11.9 Å². The molecule has 154 valence electrons. The van der Waals surface area contributed by atoms with Gasteiger partial charge in [0.2, 0.25) is 5.91 Å². The van der Waals surface area contributed by atoms with E-state index >= 15 is 0 Å². The molecule has 2 aliphatic rings. The number of carbonyl (C=O) groups excluding carboxylic acids is 1. The lowest BCUT2D eigenvalue weighted by atomic mass is 10.00. The average Bonchev–Trinajstić information content (AvgIpc) is 3.30. The Kier molecular flexibility index (Phi) is 6.64. The molecular weight excluding hydrogens is 388 g/mol. The maximum Gasteiger partial charge on any atom is 0.242 e. The van der Waals surface area contributed by atoms with Crippen molar-refractivity contribution >= 4 is 29.0 Å². The van der Waals surface area contributed by atoms with Crippen molar-refractivity contribution in [1.82, 2.24) is 10.3 Å². The molecule has 3 N–H and O–H groups in total. The summed E-state index contributed by atoms with van der Waals surface area (Å²) in [6.07, 6.45) is 5.67. The SMILES string of the molecule is O=C(Nc1cc(-c2cccc(NCC3CCOCC3)c2)c(Cl)cn1)C1CCCN1. The highest BCUT2D eigenvalue weighted by molar-refractivity contribution is 6.33. The first-order valence-electron chi connectivity index (χ1n) is 10.3. The Hall–Kier alpha value is -2.15. The zero-order valence-corrected chi connectivity index (χ0v) is 17.2. The van der Waals surface area contributed by atoms with Crippen LogP contribution in [-0.4, -0.2) is 43.2 Å². The van der Waals surface area contributed by atoms with Crippen LogP contribution >= 0.6 is 11.6 Å². The third-order valence-electron chi connectivity index (χ3n) is 5.59. The summed E-state index contributed by atoms with van der Waals surface area (Å²) in [5, 5.41) is 10.2. The molecule has 1 unspecified atom stereocenters. The number of amides is 1. The number of nitrogens with zero attached hydrogens (tertiary/aromatic N) is 1. The summed E-state index contributed by atoms with van der Waals surface area (Å²) < 4.78 is 5.43. The van der Waals surface area contributed by atoms with Crippen LogP contribution in [-0.2, 0) is 9.53 Å². The van der Waals surface area contributed by atoms with Crippen molar-refractivity contribution in [2.24, 2.45) is 5.92 Å². The van der Waals surface area contributed by atoms with Crippen LogP contribution in [0.3, 0.4) is 0 Å². The van der Waals surface area contributed by atoms with Gasteiger partial charge in [-0.25, -0.2) is 4.98 Å². The first kappa shape index (κ1) is 20.1. The van der Waals surface area contributed by atoms with Crippen LogP contribution in [0.15, 0.2) is 36.5 Å². The first-order chi connectivity index (χ1) is 14.2. The van der Waals surface area contributed by atoms with E-state index in [2.05, 4.69) is 33.1 Å². The Balaban J connectivity index is 1.46. The lowest BCUT2D eigenvalue weighted by Gasteiger charge is -2.22. The van der Waals surface area contributed by atoms with E-state index in [1.807, 2.05) is 18.2 Å². The van der Waals surface area contributed by atoms with Gasteiger partial charge in [-0.05, 0) is 61.9 Å². The van der Waals surface area contributed by atoms with Gasteiger partial charge in [0.25, 0.3) is 0 Å². The molecule has 0 radical (unpaired) electrons. The van der Waals surface area contributed by atoms with Gasteiger partial charge in [-0.15, -0.1) is 0 Å². The molecular formula is C22H27ClN4O2. The van der Waals surface area contributed by atoms with Crippen molar-refractivity contribution in [2.45, 2.75) is 31.7 Å². The summed E-state index contributed by atoms with van der Waals surface area (Å²) in [5.74, 6) is 1.11. The predicted octanol–water partition coefficient (Wildman–Crippen LogP) is 3.93. The van der Waals surface area contributed by atoms with E-state index < -0.39 is 0 Å². The van der Waals surface area contributed by atoms with Crippen molar-refractivity contribution in [2.75, 3.05) is 36.9 Å². The Labute approximate surface area is 176 Å². The smallest absolute Gasteiger partial charge is 0.242 e. The zero-order valence-electron chi connectivity index (χ0n) is 16.4. The molecule has 0 saturated carbocycles. The molecule has 2 fully saturated rings. The number of rotatable bonds is 6. The van der Waals surface area contributed by atoms with Gasteiger partial charge in [0.1, 0.15) is 5.82 Å². The van der Waals surface area contributed by atoms with Gasteiger partial charge in [0, 0.05) is 37.2 Å². The monoisotopic (exact) mass is 414 g/mol. The van der Waals surface area contributed by atoms with Crippen LogP contribution in [0, 0.1) is 5.92 Å². The van der Waals surface area contributed by atoms with Gasteiger partial charge >= 0.3 is 0 Å². The van der Waals surface area contributed by atoms with E-state index in [1.54, 1.807) is 6.20 Å². The molecule has 7 heteroatoms. The molecule has 2 aliphatic heterocycles. The zero-order chi connectivity index (χ0) is 20.1. The van der Waals surface area contributed by atoms with E-state index in [9.17, 15) is 4.79 Å². The highest BCUT2D eigenvalue weighted by atomic mass is 35.5. The number of ether oxygens (including phenoxy) is 1. The summed E-state index contributed by atoms with van der Waals surface area (Å²) in [5.41, 5.74) is 2.90. The van der Waals surface area contributed by atoms with Crippen molar-refractivity contribution in [3.05, 3.63) is 41.6 Å². The fourth-order valence-electron chi connectivity index (χ4n) is 3.86. The highest BCUT2D eigenvalue weighted by Gasteiger charge is 2.22. The summed E-state index contributed by atoms with van der Waals surface area (Å²) in [6.45, 7) is 3.52. The molecule has 0 aliphatic carbocycles. The van der Waals surface area contributed by atoms with Crippen molar-refractivity contribution in [1.29, 1.82) is 0 Å². The fraction of sp³-hybridized carbons (Fsp3) is 0.455. The molecule has 0 spiro atoms. The number of nitrogens with one attached hydrogen (secondary N) is 3. The minimum absolute atomic E-state index is 0.0462. The second-order valence-electron chi connectivity index (χ2n) is 7.71.